The Hall–Kier alpha value is -7.86. The lowest BCUT2D eigenvalue weighted by Crippen LogP contribution is -1.96. The Morgan fingerprint density at radius 2 is 0.672 bits per heavy atom. The van der Waals surface area contributed by atoms with Crippen molar-refractivity contribution in [2.75, 3.05) is 0 Å². The van der Waals surface area contributed by atoms with Crippen LogP contribution in [0.3, 0.4) is 0 Å². The second kappa shape index (κ2) is 15.7. The smallest absolute Gasteiger partial charge is 0.160 e. The van der Waals surface area contributed by atoms with E-state index in [0.717, 1.165) is 99.7 Å². The Kier molecular flexibility index (Phi) is 9.34. The number of nitrogens with zero attached hydrogens (tertiary/aromatic N) is 4. The van der Waals surface area contributed by atoms with Gasteiger partial charge in [0.1, 0.15) is 0 Å². The lowest BCUT2D eigenvalue weighted by Gasteiger charge is -2.12. The molecule has 11 aromatic rings. The van der Waals surface area contributed by atoms with Gasteiger partial charge in [0.2, 0.25) is 0 Å². The summed E-state index contributed by atoms with van der Waals surface area (Å²) in [5.74, 6) is 1.44. The Balaban J connectivity index is 0.941. The van der Waals surface area contributed by atoms with Gasteiger partial charge in [-0.25, -0.2) is 19.9 Å². The standard InChI is InChI=1S/C56H36N4S/c1-4-16-37(17-5-1)49-36-50(58-55(57-49)38-18-6-2-7-19-38)46-28-14-26-44(34-46)42-24-12-22-40(32-42)41-23-13-25-43(33-41)45-27-15-29-47(35-45)52-54-53(48-30-10-11-31-51(48)61-54)60-56(59-52)39-20-8-3-9-21-39/h1-36H. The van der Waals surface area contributed by atoms with Gasteiger partial charge >= 0.3 is 0 Å². The largest absolute Gasteiger partial charge is 0.228 e. The summed E-state index contributed by atoms with van der Waals surface area (Å²) in [6, 6.07) is 76.4. The van der Waals surface area contributed by atoms with Gasteiger partial charge in [-0.1, -0.05) is 182 Å². The molecule has 3 aromatic heterocycles. The van der Waals surface area contributed by atoms with Crippen molar-refractivity contribution in [3.05, 3.63) is 218 Å². The van der Waals surface area contributed by atoms with Crippen LogP contribution in [0.5, 0.6) is 0 Å². The van der Waals surface area contributed by atoms with Gasteiger partial charge in [0, 0.05) is 37.9 Å². The first-order valence-corrected chi connectivity index (χ1v) is 21.2. The van der Waals surface area contributed by atoms with Crippen LogP contribution < -0.4 is 0 Å². The molecular formula is C56H36N4S. The average molecular weight is 797 g/mol. The second-order valence-electron chi connectivity index (χ2n) is 15.1. The summed E-state index contributed by atoms with van der Waals surface area (Å²) in [7, 11) is 0. The topological polar surface area (TPSA) is 51.6 Å². The Morgan fingerprint density at radius 3 is 1.23 bits per heavy atom. The Morgan fingerprint density at radius 1 is 0.279 bits per heavy atom. The minimum Gasteiger partial charge on any atom is -0.228 e. The molecular weight excluding hydrogens is 761 g/mol. The first-order valence-electron chi connectivity index (χ1n) is 20.4. The Bertz CT molecular complexity index is 3300. The van der Waals surface area contributed by atoms with E-state index in [9.17, 15) is 0 Å². The van der Waals surface area contributed by atoms with E-state index in [4.69, 9.17) is 19.9 Å². The van der Waals surface area contributed by atoms with E-state index in [0.29, 0.717) is 5.82 Å². The van der Waals surface area contributed by atoms with Crippen LogP contribution >= 0.6 is 11.3 Å². The fourth-order valence-corrected chi connectivity index (χ4v) is 9.19. The SMILES string of the molecule is c1ccc(-c2cc(-c3cccc(-c4cccc(-c5cccc(-c6cccc(-c7nc(-c8ccccc8)nc8c7sc7ccccc78)c6)c5)c4)c3)nc(-c3ccccc3)n2)cc1. The summed E-state index contributed by atoms with van der Waals surface area (Å²) in [4.78, 5) is 20.4. The second-order valence-corrected chi connectivity index (χ2v) is 16.1. The van der Waals surface area contributed by atoms with Crippen molar-refractivity contribution in [1.82, 2.24) is 19.9 Å². The quantitative estimate of drug-likeness (QED) is 0.154. The maximum absolute atomic E-state index is 5.23. The molecule has 8 aromatic carbocycles. The zero-order valence-electron chi connectivity index (χ0n) is 33.0. The van der Waals surface area contributed by atoms with Gasteiger partial charge in [0.25, 0.3) is 0 Å². The van der Waals surface area contributed by atoms with E-state index in [2.05, 4.69) is 164 Å². The van der Waals surface area contributed by atoms with Crippen molar-refractivity contribution in [2.24, 2.45) is 0 Å². The number of hydrogen-bond acceptors (Lipinski definition) is 5. The molecule has 0 fully saturated rings. The molecule has 3 heterocycles. The molecule has 0 saturated carbocycles. The first-order chi connectivity index (χ1) is 30.2. The fourth-order valence-electron chi connectivity index (χ4n) is 8.03. The molecule has 4 nitrogen and oxygen atoms in total. The predicted molar refractivity (Wildman–Crippen MR) is 254 cm³/mol. The van der Waals surface area contributed by atoms with Gasteiger partial charge in [0.15, 0.2) is 11.6 Å². The highest BCUT2D eigenvalue weighted by Crippen LogP contribution is 2.41. The Labute approximate surface area is 358 Å². The molecule has 11 rings (SSSR count). The van der Waals surface area contributed by atoms with Crippen molar-refractivity contribution in [3.63, 3.8) is 0 Å². The highest BCUT2D eigenvalue weighted by atomic mass is 32.1. The molecule has 0 atom stereocenters. The monoisotopic (exact) mass is 796 g/mol. The third-order valence-corrected chi connectivity index (χ3v) is 12.3. The van der Waals surface area contributed by atoms with Crippen LogP contribution in [0.25, 0.3) is 110 Å². The maximum Gasteiger partial charge on any atom is 0.160 e. The van der Waals surface area contributed by atoms with Crippen LogP contribution in [0.1, 0.15) is 0 Å². The summed E-state index contributed by atoms with van der Waals surface area (Å²) in [5.41, 5.74) is 15.7. The summed E-state index contributed by atoms with van der Waals surface area (Å²) in [6.07, 6.45) is 0. The van der Waals surface area contributed by atoms with Gasteiger partial charge in [-0.05, 0) is 69.8 Å². The molecule has 0 amide bonds. The van der Waals surface area contributed by atoms with Crippen LogP contribution in [0, 0.1) is 0 Å². The van der Waals surface area contributed by atoms with E-state index in [-0.39, 0.29) is 0 Å². The van der Waals surface area contributed by atoms with Crippen LogP contribution in [0.4, 0.5) is 0 Å². The maximum atomic E-state index is 5.23. The molecule has 0 saturated heterocycles. The highest BCUT2D eigenvalue weighted by Gasteiger charge is 2.17. The predicted octanol–water partition coefficient (Wildman–Crippen LogP) is 15.0. The summed E-state index contributed by atoms with van der Waals surface area (Å²) < 4.78 is 2.31. The number of benzene rings is 8. The summed E-state index contributed by atoms with van der Waals surface area (Å²) >= 11 is 1.76. The van der Waals surface area contributed by atoms with Crippen LogP contribution in [-0.2, 0) is 0 Å². The normalized spacial score (nSPS) is 11.3. The van der Waals surface area contributed by atoms with E-state index < -0.39 is 0 Å². The van der Waals surface area contributed by atoms with Gasteiger partial charge in [0.05, 0.1) is 27.3 Å². The first kappa shape index (κ1) is 36.2. The van der Waals surface area contributed by atoms with Gasteiger partial charge in [-0.2, -0.15) is 0 Å². The minimum absolute atomic E-state index is 0.706. The van der Waals surface area contributed by atoms with Crippen molar-refractivity contribution in [2.45, 2.75) is 0 Å². The van der Waals surface area contributed by atoms with Crippen LogP contribution in [-0.4, -0.2) is 19.9 Å². The summed E-state index contributed by atoms with van der Waals surface area (Å²) in [5, 5.41) is 1.16. The number of rotatable bonds is 8. The third-order valence-electron chi connectivity index (χ3n) is 11.1. The number of hydrogen-bond donors (Lipinski definition) is 0. The van der Waals surface area contributed by atoms with E-state index in [1.165, 1.54) is 4.70 Å². The molecule has 0 aliphatic heterocycles. The molecule has 0 N–H and O–H groups in total. The van der Waals surface area contributed by atoms with Gasteiger partial charge in [-0.3, -0.25) is 0 Å². The molecule has 0 unspecified atom stereocenters. The lowest BCUT2D eigenvalue weighted by atomic mass is 9.94. The van der Waals surface area contributed by atoms with Gasteiger partial charge < -0.3 is 0 Å². The third kappa shape index (κ3) is 7.18. The summed E-state index contributed by atoms with van der Waals surface area (Å²) in [6.45, 7) is 0. The highest BCUT2D eigenvalue weighted by molar-refractivity contribution is 7.26. The molecule has 61 heavy (non-hydrogen) atoms. The van der Waals surface area contributed by atoms with E-state index in [1.807, 2.05) is 54.6 Å². The molecule has 0 aliphatic carbocycles. The molecule has 0 spiro atoms. The zero-order chi connectivity index (χ0) is 40.5. The van der Waals surface area contributed by atoms with Crippen molar-refractivity contribution >= 4 is 31.6 Å². The fraction of sp³-hybridized carbons (Fsp3) is 0. The van der Waals surface area contributed by atoms with Crippen molar-refractivity contribution in [3.8, 4) is 89.9 Å². The lowest BCUT2D eigenvalue weighted by molar-refractivity contribution is 1.18. The number of fused-ring (bicyclic) bond motifs is 3. The minimum atomic E-state index is 0.706. The molecule has 0 radical (unpaired) electrons. The number of thiophene rings is 1. The molecule has 286 valence electrons. The zero-order valence-corrected chi connectivity index (χ0v) is 33.8. The molecule has 0 bridgehead atoms. The van der Waals surface area contributed by atoms with Crippen LogP contribution in [0.2, 0.25) is 0 Å². The number of aromatic nitrogens is 4. The van der Waals surface area contributed by atoms with Crippen LogP contribution in [0.15, 0.2) is 218 Å². The van der Waals surface area contributed by atoms with Crippen molar-refractivity contribution in [1.29, 1.82) is 0 Å². The average Bonchev–Trinajstić information content (AvgIpc) is 3.73. The van der Waals surface area contributed by atoms with E-state index in [1.54, 1.807) is 11.3 Å². The van der Waals surface area contributed by atoms with Crippen molar-refractivity contribution < 1.29 is 0 Å². The van der Waals surface area contributed by atoms with Gasteiger partial charge in [-0.15, -0.1) is 11.3 Å². The molecule has 0 aliphatic rings. The molecule has 5 heteroatoms. The van der Waals surface area contributed by atoms with E-state index >= 15 is 0 Å².